The van der Waals surface area contributed by atoms with Crippen molar-refractivity contribution in [3.05, 3.63) is 89.0 Å². The number of fused-ring (bicyclic) bond motifs is 1. The van der Waals surface area contributed by atoms with Gasteiger partial charge in [0.1, 0.15) is 6.04 Å². The van der Waals surface area contributed by atoms with E-state index < -0.39 is 17.6 Å². The Morgan fingerprint density at radius 3 is 2.79 bits per heavy atom. The molecule has 1 unspecified atom stereocenters. The first-order valence-corrected chi connectivity index (χ1v) is 9.66. The average Bonchev–Trinajstić information content (AvgIpc) is 3.18. The number of aliphatic carboxylic acids is 1. The van der Waals surface area contributed by atoms with Gasteiger partial charge in [0.15, 0.2) is 5.82 Å². The van der Waals surface area contributed by atoms with E-state index in [-0.39, 0.29) is 5.82 Å². The highest BCUT2D eigenvalue weighted by Gasteiger charge is 2.30. The zero-order valence-electron chi connectivity index (χ0n) is 16.9. The Morgan fingerprint density at radius 1 is 1.38 bits per heavy atom. The molecule has 0 spiro atoms. The number of carbonyl (C=O) groups is 1. The first-order valence-electron chi connectivity index (χ1n) is 9.66. The Morgan fingerprint density at radius 2 is 2.14 bits per heavy atom. The molecule has 152 valence electrons. The molecule has 29 heavy (non-hydrogen) atoms. The molecule has 1 aromatic heterocycles. The van der Waals surface area contributed by atoms with Gasteiger partial charge in [0.2, 0.25) is 0 Å². The van der Waals surface area contributed by atoms with E-state index in [0.717, 1.165) is 16.7 Å². The van der Waals surface area contributed by atoms with Gasteiger partial charge in [-0.05, 0) is 35.6 Å². The molecule has 0 bridgehead atoms. The van der Waals surface area contributed by atoms with E-state index >= 15 is 0 Å². The van der Waals surface area contributed by atoms with Crippen LogP contribution >= 0.6 is 0 Å². The molecule has 6 nitrogen and oxygen atoms in total. The summed E-state index contributed by atoms with van der Waals surface area (Å²) in [5, 5.41) is 12.3. The molecule has 6 heteroatoms. The summed E-state index contributed by atoms with van der Waals surface area (Å²) < 4.78 is 1.33. The minimum absolute atomic E-state index is 0.155. The minimum atomic E-state index is -0.994. The van der Waals surface area contributed by atoms with Crippen molar-refractivity contribution in [3.8, 4) is 0 Å². The van der Waals surface area contributed by atoms with E-state index in [1.54, 1.807) is 18.3 Å². The topological polar surface area (TPSA) is 84.2 Å². The zero-order chi connectivity index (χ0) is 21.4. The summed E-state index contributed by atoms with van der Waals surface area (Å²) in [7, 11) is 0. The van der Waals surface area contributed by atoms with Crippen molar-refractivity contribution in [2.45, 2.75) is 39.3 Å². The number of hydrogen-bond acceptors (Lipinski definition) is 4. The standard InChI is InChI=1S/C21H21N3O3.C2H6/c1-3-6-15(4-2)16-8-5-7-14(11-16)12-22-19-20(25)24-17(13-23-19)9-10-18(24)21(26)27;1-2/h3-8,11,13,18H,1-2,9-10,12H2,(H,22,23)(H,26,27);1-2H3/b15-6+;. The lowest BCUT2D eigenvalue weighted by Crippen LogP contribution is -2.30. The van der Waals surface area contributed by atoms with Crippen LogP contribution in [0.2, 0.25) is 0 Å². The fraction of sp³-hybridized carbons (Fsp3) is 0.261. The molecule has 0 radical (unpaired) electrons. The van der Waals surface area contributed by atoms with Gasteiger partial charge in [-0.2, -0.15) is 0 Å². The van der Waals surface area contributed by atoms with Crippen molar-refractivity contribution in [3.63, 3.8) is 0 Å². The molecule has 1 atom stereocenters. The number of aromatic nitrogens is 2. The van der Waals surface area contributed by atoms with Gasteiger partial charge in [-0.1, -0.05) is 63.4 Å². The smallest absolute Gasteiger partial charge is 0.326 e. The van der Waals surface area contributed by atoms with Gasteiger partial charge in [0.05, 0.1) is 0 Å². The van der Waals surface area contributed by atoms with Crippen LogP contribution in [0, 0.1) is 0 Å². The molecule has 0 amide bonds. The van der Waals surface area contributed by atoms with Crippen LogP contribution < -0.4 is 10.9 Å². The summed E-state index contributed by atoms with van der Waals surface area (Å²) in [6, 6.07) is 7.01. The second-order valence-electron chi connectivity index (χ2n) is 6.28. The lowest BCUT2D eigenvalue weighted by molar-refractivity contribution is -0.140. The SMILES string of the molecule is C=C/C=C(\C=C)c1cccc(CNc2ncc3n(c2=O)C(C(=O)O)CC3)c1.CC. The van der Waals surface area contributed by atoms with Crippen molar-refractivity contribution in [1.29, 1.82) is 0 Å². The molecule has 0 saturated carbocycles. The summed E-state index contributed by atoms with van der Waals surface area (Å²) in [4.78, 5) is 28.2. The Bertz CT molecular complexity index is 989. The molecule has 2 heterocycles. The number of nitrogens with one attached hydrogen (secondary N) is 1. The fourth-order valence-electron chi connectivity index (χ4n) is 3.25. The maximum absolute atomic E-state index is 12.6. The van der Waals surface area contributed by atoms with Gasteiger partial charge in [-0.25, -0.2) is 9.78 Å². The van der Waals surface area contributed by atoms with Crippen LogP contribution in [0.25, 0.3) is 5.57 Å². The summed E-state index contributed by atoms with van der Waals surface area (Å²) in [5.41, 5.74) is 3.17. The molecular formula is C23H27N3O3. The second-order valence-corrected chi connectivity index (χ2v) is 6.28. The van der Waals surface area contributed by atoms with Crippen LogP contribution in [0.15, 0.2) is 66.6 Å². The maximum Gasteiger partial charge on any atom is 0.326 e. The largest absolute Gasteiger partial charge is 0.480 e. The number of allylic oxidation sites excluding steroid dienone is 4. The lowest BCUT2D eigenvalue weighted by Gasteiger charge is -2.12. The average molecular weight is 393 g/mol. The van der Waals surface area contributed by atoms with Crippen LogP contribution in [0.5, 0.6) is 0 Å². The quantitative estimate of drug-likeness (QED) is 0.689. The number of hydrogen-bond donors (Lipinski definition) is 2. The monoisotopic (exact) mass is 393 g/mol. The highest BCUT2D eigenvalue weighted by molar-refractivity contribution is 5.75. The zero-order valence-corrected chi connectivity index (χ0v) is 16.9. The van der Waals surface area contributed by atoms with Crippen molar-refractivity contribution < 1.29 is 9.90 Å². The van der Waals surface area contributed by atoms with Crippen molar-refractivity contribution >= 4 is 17.4 Å². The van der Waals surface area contributed by atoms with Gasteiger partial charge in [0.25, 0.3) is 5.56 Å². The third kappa shape index (κ3) is 4.90. The third-order valence-electron chi connectivity index (χ3n) is 4.58. The Balaban J connectivity index is 0.00000145. The number of aryl methyl sites for hydroxylation is 1. The summed E-state index contributed by atoms with van der Waals surface area (Å²) in [6.07, 6.45) is 7.87. The highest BCUT2D eigenvalue weighted by atomic mass is 16.4. The van der Waals surface area contributed by atoms with Gasteiger partial charge >= 0.3 is 5.97 Å². The molecule has 1 aliphatic rings. The summed E-state index contributed by atoms with van der Waals surface area (Å²) >= 11 is 0. The van der Waals surface area contributed by atoms with Crippen molar-refractivity contribution in [1.82, 2.24) is 9.55 Å². The molecular weight excluding hydrogens is 366 g/mol. The lowest BCUT2D eigenvalue weighted by atomic mass is 10.0. The number of benzene rings is 1. The number of nitrogens with zero attached hydrogens (tertiary/aromatic N) is 2. The molecule has 0 aliphatic carbocycles. The normalized spacial score (nSPS) is 15.0. The molecule has 3 rings (SSSR count). The summed E-state index contributed by atoms with van der Waals surface area (Å²) in [5.74, 6) is -0.838. The second kappa shape index (κ2) is 10.2. The molecule has 1 aliphatic heterocycles. The van der Waals surface area contributed by atoms with Crippen LogP contribution in [0.3, 0.4) is 0 Å². The van der Waals surface area contributed by atoms with E-state index in [1.807, 2.05) is 44.2 Å². The Hall–Kier alpha value is -3.41. The molecule has 2 N–H and O–H groups in total. The minimum Gasteiger partial charge on any atom is -0.480 e. The Labute approximate surface area is 170 Å². The first kappa shape index (κ1) is 21.9. The predicted octanol–water partition coefficient (Wildman–Crippen LogP) is 4.21. The van der Waals surface area contributed by atoms with Gasteiger partial charge < -0.3 is 10.4 Å². The maximum atomic E-state index is 12.6. The van der Waals surface area contributed by atoms with Crippen LogP contribution in [-0.2, 0) is 17.8 Å². The van der Waals surface area contributed by atoms with Crippen molar-refractivity contribution in [2.24, 2.45) is 0 Å². The van der Waals surface area contributed by atoms with Crippen LogP contribution in [0.4, 0.5) is 5.82 Å². The van der Waals surface area contributed by atoms with Gasteiger partial charge in [-0.15, -0.1) is 0 Å². The van der Waals surface area contributed by atoms with E-state index in [9.17, 15) is 14.7 Å². The fourth-order valence-corrected chi connectivity index (χ4v) is 3.25. The van der Waals surface area contributed by atoms with Gasteiger partial charge in [-0.3, -0.25) is 9.36 Å². The highest BCUT2D eigenvalue weighted by Crippen LogP contribution is 2.24. The van der Waals surface area contributed by atoms with Crippen molar-refractivity contribution in [2.75, 3.05) is 5.32 Å². The number of rotatable bonds is 7. The summed E-state index contributed by atoms with van der Waals surface area (Å²) in [6.45, 7) is 11.9. The number of anilines is 1. The van der Waals surface area contributed by atoms with Crippen LogP contribution in [0.1, 0.15) is 43.1 Å². The van der Waals surface area contributed by atoms with Crippen LogP contribution in [-0.4, -0.2) is 20.6 Å². The number of carboxylic acids is 1. The number of carboxylic acid groups (broad SMARTS) is 1. The molecule has 0 fully saturated rings. The van der Waals surface area contributed by atoms with Gasteiger partial charge in [0, 0.05) is 18.4 Å². The third-order valence-corrected chi connectivity index (χ3v) is 4.58. The van der Waals surface area contributed by atoms with E-state index in [2.05, 4.69) is 23.5 Å². The Kier molecular flexibility index (Phi) is 7.71. The van der Waals surface area contributed by atoms with E-state index in [0.29, 0.717) is 25.1 Å². The first-order chi connectivity index (χ1) is 14.0. The molecule has 2 aromatic rings. The molecule has 1 aromatic carbocycles. The van der Waals surface area contributed by atoms with E-state index in [1.165, 1.54) is 4.57 Å². The predicted molar refractivity (Wildman–Crippen MR) is 117 cm³/mol. The molecule has 0 saturated heterocycles. The van der Waals surface area contributed by atoms with E-state index in [4.69, 9.17) is 0 Å².